The molecule has 0 spiro atoms. The third-order valence-corrected chi connectivity index (χ3v) is 3.78. The van der Waals surface area contributed by atoms with Crippen molar-refractivity contribution in [2.45, 2.75) is 13.5 Å². The van der Waals surface area contributed by atoms with Crippen LogP contribution in [0.25, 0.3) is 0 Å². The van der Waals surface area contributed by atoms with Gasteiger partial charge < -0.3 is 20.4 Å². The van der Waals surface area contributed by atoms with Gasteiger partial charge in [0.25, 0.3) is 5.91 Å². The Bertz CT molecular complexity index is 904. The second-order valence-electron chi connectivity index (χ2n) is 5.75. The molecule has 1 heterocycles. The van der Waals surface area contributed by atoms with E-state index in [1.165, 1.54) is 6.26 Å². The van der Waals surface area contributed by atoms with Crippen molar-refractivity contribution in [3.63, 3.8) is 0 Å². The number of benzene rings is 2. The summed E-state index contributed by atoms with van der Waals surface area (Å²) in [5.74, 6) is -0.0801. The lowest BCUT2D eigenvalue weighted by Crippen LogP contribution is -2.28. The predicted octanol–water partition coefficient (Wildman–Crippen LogP) is 4.16. The van der Waals surface area contributed by atoms with Crippen LogP contribution in [0.4, 0.5) is 16.2 Å². The van der Waals surface area contributed by atoms with Gasteiger partial charge in [-0.1, -0.05) is 30.3 Å². The van der Waals surface area contributed by atoms with Crippen LogP contribution in [0.1, 0.15) is 21.7 Å². The summed E-state index contributed by atoms with van der Waals surface area (Å²) in [6.45, 7) is 2.27. The standard InChI is InChI=1S/C20H19N3O3/c1-14-6-2-3-9-17(14)23-20(25)21-13-15-7-4-8-16(12-15)22-19(24)18-10-5-11-26-18/h2-12H,13H2,1H3,(H,22,24)(H2,21,23,25). The zero-order valence-electron chi connectivity index (χ0n) is 14.3. The Balaban J connectivity index is 1.56. The first-order valence-corrected chi connectivity index (χ1v) is 8.16. The lowest BCUT2D eigenvalue weighted by molar-refractivity contribution is 0.0996. The first-order valence-electron chi connectivity index (χ1n) is 8.16. The number of aryl methyl sites for hydroxylation is 1. The number of para-hydroxylation sites is 1. The number of urea groups is 1. The van der Waals surface area contributed by atoms with Crippen LogP contribution in [0.3, 0.4) is 0 Å². The highest BCUT2D eigenvalue weighted by atomic mass is 16.3. The molecular formula is C20H19N3O3. The Hall–Kier alpha value is -3.54. The smallest absolute Gasteiger partial charge is 0.319 e. The van der Waals surface area contributed by atoms with E-state index in [-0.39, 0.29) is 17.7 Å². The summed E-state index contributed by atoms with van der Waals surface area (Å²) in [6.07, 6.45) is 1.45. The average molecular weight is 349 g/mol. The van der Waals surface area contributed by atoms with Crippen LogP contribution in [0.5, 0.6) is 0 Å². The molecule has 3 rings (SSSR count). The number of carbonyl (C=O) groups is 2. The molecule has 0 aliphatic carbocycles. The summed E-state index contributed by atoms with van der Waals surface area (Å²) in [7, 11) is 0. The Morgan fingerprint density at radius 2 is 1.81 bits per heavy atom. The SMILES string of the molecule is Cc1ccccc1NC(=O)NCc1cccc(NC(=O)c2ccco2)c1. The molecule has 6 nitrogen and oxygen atoms in total. The van der Waals surface area contributed by atoms with E-state index in [0.717, 1.165) is 16.8 Å². The summed E-state index contributed by atoms with van der Waals surface area (Å²) in [5.41, 5.74) is 3.25. The Kier molecular flexibility index (Phi) is 5.34. The Morgan fingerprint density at radius 1 is 0.962 bits per heavy atom. The fourth-order valence-corrected chi connectivity index (χ4v) is 2.42. The van der Waals surface area contributed by atoms with Gasteiger partial charge in [-0.25, -0.2) is 4.79 Å². The van der Waals surface area contributed by atoms with Gasteiger partial charge in [-0.15, -0.1) is 0 Å². The minimum absolute atomic E-state index is 0.242. The summed E-state index contributed by atoms with van der Waals surface area (Å²) < 4.78 is 5.07. The lowest BCUT2D eigenvalue weighted by atomic mass is 10.2. The number of rotatable bonds is 5. The summed E-state index contributed by atoms with van der Waals surface area (Å²) in [6, 6.07) is 17.8. The molecule has 0 saturated carbocycles. The van der Waals surface area contributed by atoms with E-state index in [1.54, 1.807) is 24.3 Å². The largest absolute Gasteiger partial charge is 0.459 e. The second-order valence-corrected chi connectivity index (χ2v) is 5.75. The van der Waals surface area contributed by atoms with Gasteiger partial charge in [0.05, 0.1) is 6.26 Å². The number of carbonyl (C=O) groups excluding carboxylic acids is 2. The molecule has 2 aromatic carbocycles. The molecule has 3 amide bonds. The Labute approximate surface area is 151 Å². The van der Waals surface area contributed by atoms with Gasteiger partial charge in [-0.05, 0) is 48.4 Å². The molecule has 26 heavy (non-hydrogen) atoms. The molecule has 0 radical (unpaired) electrons. The van der Waals surface area contributed by atoms with Gasteiger partial charge in [0, 0.05) is 17.9 Å². The van der Waals surface area contributed by atoms with Crippen molar-refractivity contribution in [1.29, 1.82) is 0 Å². The van der Waals surface area contributed by atoms with Crippen LogP contribution < -0.4 is 16.0 Å². The minimum Gasteiger partial charge on any atom is -0.459 e. The van der Waals surface area contributed by atoms with Crippen molar-refractivity contribution in [3.8, 4) is 0 Å². The number of nitrogens with one attached hydrogen (secondary N) is 3. The molecule has 0 aliphatic rings. The minimum atomic E-state index is -0.322. The number of anilines is 2. The third kappa shape index (κ3) is 4.51. The summed E-state index contributed by atoms with van der Waals surface area (Å²) >= 11 is 0. The van der Waals surface area contributed by atoms with Crippen molar-refractivity contribution in [2.24, 2.45) is 0 Å². The molecule has 0 bridgehead atoms. The lowest BCUT2D eigenvalue weighted by Gasteiger charge is -2.10. The van der Waals surface area contributed by atoms with Gasteiger partial charge in [0.15, 0.2) is 5.76 Å². The highest BCUT2D eigenvalue weighted by Crippen LogP contribution is 2.14. The molecule has 1 aromatic heterocycles. The van der Waals surface area contributed by atoms with Crippen molar-refractivity contribution < 1.29 is 14.0 Å². The van der Waals surface area contributed by atoms with Crippen LogP contribution in [0.2, 0.25) is 0 Å². The quantitative estimate of drug-likeness (QED) is 0.647. The molecule has 0 aliphatic heterocycles. The van der Waals surface area contributed by atoms with E-state index in [2.05, 4.69) is 16.0 Å². The number of hydrogen-bond donors (Lipinski definition) is 3. The van der Waals surface area contributed by atoms with E-state index in [1.807, 2.05) is 43.3 Å². The van der Waals surface area contributed by atoms with Crippen molar-refractivity contribution in [1.82, 2.24) is 5.32 Å². The molecule has 0 unspecified atom stereocenters. The first-order chi connectivity index (χ1) is 12.6. The molecule has 3 N–H and O–H groups in total. The zero-order valence-corrected chi connectivity index (χ0v) is 14.3. The van der Waals surface area contributed by atoms with Crippen molar-refractivity contribution in [2.75, 3.05) is 10.6 Å². The zero-order chi connectivity index (χ0) is 18.4. The number of amides is 3. The molecule has 0 saturated heterocycles. The molecule has 3 aromatic rings. The van der Waals surface area contributed by atoms with E-state index in [0.29, 0.717) is 12.2 Å². The average Bonchev–Trinajstić information content (AvgIpc) is 3.17. The number of hydrogen-bond acceptors (Lipinski definition) is 3. The second kappa shape index (κ2) is 8.02. The topological polar surface area (TPSA) is 83.4 Å². The summed E-state index contributed by atoms with van der Waals surface area (Å²) in [4.78, 5) is 24.1. The first kappa shape index (κ1) is 17.3. The third-order valence-electron chi connectivity index (χ3n) is 3.78. The predicted molar refractivity (Wildman–Crippen MR) is 100 cm³/mol. The fourth-order valence-electron chi connectivity index (χ4n) is 2.42. The number of furan rings is 1. The molecule has 132 valence electrons. The van der Waals surface area contributed by atoms with Crippen LogP contribution in [0, 0.1) is 6.92 Å². The van der Waals surface area contributed by atoms with Crippen LogP contribution in [-0.2, 0) is 6.54 Å². The molecular weight excluding hydrogens is 330 g/mol. The van der Waals surface area contributed by atoms with Crippen molar-refractivity contribution >= 4 is 23.3 Å². The van der Waals surface area contributed by atoms with Gasteiger partial charge in [-0.3, -0.25) is 4.79 Å². The van der Waals surface area contributed by atoms with Gasteiger partial charge in [-0.2, -0.15) is 0 Å². The van der Waals surface area contributed by atoms with E-state index >= 15 is 0 Å². The van der Waals surface area contributed by atoms with Crippen LogP contribution in [-0.4, -0.2) is 11.9 Å². The van der Waals surface area contributed by atoms with Gasteiger partial charge >= 0.3 is 6.03 Å². The van der Waals surface area contributed by atoms with E-state index in [9.17, 15) is 9.59 Å². The highest BCUT2D eigenvalue weighted by molar-refractivity contribution is 6.02. The highest BCUT2D eigenvalue weighted by Gasteiger charge is 2.09. The van der Waals surface area contributed by atoms with Crippen LogP contribution >= 0.6 is 0 Å². The Morgan fingerprint density at radius 3 is 2.58 bits per heavy atom. The fraction of sp³-hybridized carbons (Fsp3) is 0.100. The monoisotopic (exact) mass is 349 g/mol. The van der Waals surface area contributed by atoms with Crippen LogP contribution in [0.15, 0.2) is 71.3 Å². The summed E-state index contributed by atoms with van der Waals surface area (Å²) in [5, 5.41) is 8.37. The van der Waals surface area contributed by atoms with E-state index in [4.69, 9.17) is 4.42 Å². The maximum absolute atomic E-state index is 12.1. The van der Waals surface area contributed by atoms with E-state index < -0.39 is 0 Å². The normalized spacial score (nSPS) is 10.2. The molecule has 0 fully saturated rings. The van der Waals surface area contributed by atoms with Crippen molar-refractivity contribution in [3.05, 3.63) is 83.8 Å². The van der Waals surface area contributed by atoms with Gasteiger partial charge in [0.2, 0.25) is 0 Å². The van der Waals surface area contributed by atoms with Gasteiger partial charge in [0.1, 0.15) is 0 Å². The maximum atomic E-state index is 12.1. The maximum Gasteiger partial charge on any atom is 0.319 e. The molecule has 6 heteroatoms. The molecule has 0 atom stereocenters.